The number of hydrogen-bond acceptors (Lipinski definition) is 3. The molecule has 2 rings (SSSR count). The van der Waals surface area contributed by atoms with Crippen LogP contribution in [0.3, 0.4) is 0 Å². The summed E-state index contributed by atoms with van der Waals surface area (Å²) in [5.74, 6) is 1.70. The topological polar surface area (TPSA) is 42.6 Å². The maximum Gasteiger partial charge on any atom is 0.139 e. The Kier molecular flexibility index (Phi) is 6.38. The van der Waals surface area contributed by atoms with Crippen LogP contribution in [-0.4, -0.2) is 18.5 Å². The number of ketones is 1. The average molecular weight is 299 g/mol. The number of Topliss-reactive ketones (excluding diaryl/α,β-unsaturated/α-hetero) is 1. The van der Waals surface area contributed by atoms with Crippen LogP contribution < -0.4 is 0 Å². The number of aliphatic imine (C=N–C) groups is 1. The van der Waals surface area contributed by atoms with Gasteiger partial charge in [0.15, 0.2) is 0 Å². The van der Waals surface area contributed by atoms with Gasteiger partial charge in [-0.3, -0.25) is 9.79 Å². The number of furan rings is 1. The van der Waals surface area contributed by atoms with Crippen LogP contribution in [0.25, 0.3) is 6.08 Å². The maximum absolute atomic E-state index is 12.2. The highest BCUT2D eigenvalue weighted by Gasteiger charge is 2.20. The fraction of sp³-hybridized carbons (Fsp3) is 0.474. The average Bonchev–Trinajstić information content (AvgIpc) is 3.20. The van der Waals surface area contributed by atoms with Crippen molar-refractivity contribution in [3.8, 4) is 0 Å². The van der Waals surface area contributed by atoms with Crippen LogP contribution in [0.1, 0.15) is 44.8 Å². The predicted molar refractivity (Wildman–Crippen MR) is 91.0 cm³/mol. The summed E-state index contributed by atoms with van der Waals surface area (Å²) < 4.78 is 5.25. The molecule has 1 aromatic rings. The maximum atomic E-state index is 12.2. The van der Waals surface area contributed by atoms with E-state index in [1.165, 1.54) is 25.7 Å². The van der Waals surface area contributed by atoms with Gasteiger partial charge < -0.3 is 4.42 Å². The quantitative estimate of drug-likeness (QED) is 0.684. The van der Waals surface area contributed by atoms with Crippen LogP contribution in [0.4, 0.5) is 0 Å². The van der Waals surface area contributed by atoms with Gasteiger partial charge in [-0.15, -0.1) is 0 Å². The highest BCUT2D eigenvalue weighted by molar-refractivity contribution is 6.06. The molecule has 0 N–H and O–H groups in total. The van der Waals surface area contributed by atoms with Crippen LogP contribution in [0.15, 0.2) is 46.0 Å². The molecule has 118 valence electrons. The van der Waals surface area contributed by atoms with Crippen LogP contribution in [0.2, 0.25) is 0 Å². The molecule has 0 aliphatic heterocycles. The van der Waals surface area contributed by atoms with Gasteiger partial charge in [-0.2, -0.15) is 0 Å². The van der Waals surface area contributed by atoms with Crippen molar-refractivity contribution in [1.29, 1.82) is 0 Å². The van der Waals surface area contributed by atoms with Gasteiger partial charge >= 0.3 is 0 Å². The number of hydrogen-bond donors (Lipinski definition) is 0. The summed E-state index contributed by atoms with van der Waals surface area (Å²) in [7, 11) is 1.75. The smallest absolute Gasteiger partial charge is 0.139 e. The molecule has 1 heterocycles. The summed E-state index contributed by atoms with van der Waals surface area (Å²) in [6.07, 6.45) is 15.0. The second kappa shape index (κ2) is 8.52. The van der Waals surface area contributed by atoms with Gasteiger partial charge in [-0.25, -0.2) is 0 Å². The molecule has 0 amide bonds. The molecule has 22 heavy (non-hydrogen) atoms. The van der Waals surface area contributed by atoms with E-state index in [1.807, 2.05) is 43.4 Å². The Morgan fingerprint density at radius 3 is 2.82 bits per heavy atom. The molecule has 1 saturated carbocycles. The van der Waals surface area contributed by atoms with Gasteiger partial charge in [0.05, 0.1) is 12.0 Å². The van der Waals surface area contributed by atoms with E-state index in [4.69, 9.17) is 4.42 Å². The van der Waals surface area contributed by atoms with E-state index < -0.39 is 0 Å². The zero-order valence-electron chi connectivity index (χ0n) is 13.5. The van der Waals surface area contributed by atoms with Crippen molar-refractivity contribution in [2.24, 2.45) is 16.8 Å². The summed E-state index contributed by atoms with van der Waals surface area (Å²) in [5, 5.41) is 0. The molecule has 1 aliphatic carbocycles. The second-order valence-electron chi connectivity index (χ2n) is 5.97. The monoisotopic (exact) mass is 299 g/mol. The standard InChI is InChI=1S/C19H25NO2/c1-15(19(21)14-16-6-3-4-7-16)9-10-17(20-2)11-12-18-8-5-13-22-18/h5,8-13,15-16H,3-4,6-7,14H2,1-2H3. The lowest BCUT2D eigenvalue weighted by Gasteiger charge is -2.10. The van der Waals surface area contributed by atoms with Gasteiger partial charge in [-0.1, -0.05) is 38.7 Å². The van der Waals surface area contributed by atoms with Crippen molar-refractivity contribution in [2.75, 3.05) is 7.05 Å². The fourth-order valence-electron chi connectivity index (χ4n) is 2.79. The molecular weight excluding hydrogens is 274 g/mol. The normalized spacial score (nSPS) is 18.5. The lowest BCUT2D eigenvalue weighted by Crippen LogP contribution is -2.12. The third-order valence-corrected chi connectivity index (χ3v) is 4.25. The minimum absolute atomic E-state index is 0.0469. The Hall–Kier alpha value is -1.90. The Morgan fingerprint density at radius 2 is 2.18 bits per heavy atom. The molecule has 0 spiro atoms. The van der Waals surface area contributed by atoms with E-state index in [1.54, 1.807) is 13.3 Å². The molecule has 3 nitrogen and oxygen atoms in total. The first kappa shape index (κ1) is 16.5. The van der Waals surface area contributed by atoms with Gasteiger partial charge in [0.1, 0.15) is 11.5 Å². The lowest BCUT2D eigenvalue weighted by atomic mass is 9.94. The van der Waals surface area contributed by atoms with E-state index in [0.29, 0.717) is 11.7 Å². The van der Waals surface area contributed by atoms with Crippen LogP contribution >= 0.6 is 0 Å². The number of carbonyl (C=O) groups excluding carboxylic acids is 1. The molecule has 1 fully saturated rings. The zero-order chi connectivity index (χ0) is 15.8. The minimum Gasteiger partial charge on any atom is -0.465 e. The summed E-state index contributed by atoms with van der Waals surface area (Å²) in [6, 6.07) is 3.74. The summed E-state index contributed by atoms with van der Waals surface area (Å²) in [5.41, 5.74) is 0.830. The fourth-order valence-corrected chi connectivity index (χ4v) is 2.79. The van der Waals surface area contributed by atoms with E-state index in [9.17, 15) is 4.79 Å². The third kappa shape index (κ3) is 5.14. The Labute approximate surface area is 132 Å². The van der Waals surface area contributed by atoms with Crippen LogP contribution in [0, 0.1) is 11.8 Å². The van der Waals surface area contributed by atoms with E-state index in [2.05, 4.69) is 4.99 Å². The van der Waals surface area contributed by atoms with Gasteiger partial charge in [-0.05, 0) is 36.3 Å². The largest absolute Gasteiger partial charge is 0.465 e. The summed E-state index contributed by atoms with van der Waals surface area (Å²) in [4.78, 5) is 16.4. The molecular formula is C19H25NO2. The molecule has 0 bridgehead atoms. The SMILES string of the molecule is CN=C(C=Cc1ccco1)C=CC(C)C(=O)CC1CCCC1. The Balaban J connectivity index is 1.86. The molecule has 0 radical (unpaired) electrons. The van der Waals surface area contributed by atoms with Crippen molar-refractivity contribution >= 4 is 17.6 Å². The van der Waals surface area contributed by atoms with E-state index in [-0.39, 0.29) is 5.92 Å². The first-order chi connectivity index (χ1) is 10.7. The Morgan fingerprint density at radius 1 is 1.41 bits per heavy atom. The molecule has 0 saturated heterocycles. The van der Waals surface area contributed by atoms with Gasteiger partial charge in [0.2, 0.25) is 0 Å². The zero-order valence-corrected chi connectivity index (χ0v) is 13.5. The number of nitrogens with zero attached hydrogens (tertiary/aromatic N) is 1. The first-order valence-electron chi connectivity index (χ1n) is 8.08. The van der Waals surface area contributed by atoms with Gasteiger partial charge in [0, 0.05) is 19.4 Å². The molecule has 1 aliphatic rings. The van der Waals surface area contributed by atoms with Crippen molar-refractivity contribution < 1.29 is 9.21 Å². The van der Waals surface area contributed by atoms with Crippen LogP contribution in [0.5, 0.6) is 0 Å². The van der Waals surface area contributed by atoms with Crippen molar-refractivity contribution in [2.45, 2.75) is 39.0 Å². The molecule has 1 unspecified atom stereocenters. The molecule has 0 aromatic carbocycles. The summed E-state index contributed by atoms with van der Waals surface area (Å²) >= 11 is 0. The van der Waals surface area contributed by atoms with E-state index >= 15 is 0 Å². The van der Waals surface area contributed by atoms with Gasteiger partial charge in [0.25, 0.3) is 0 Å². The number of allylic oxidation sites excluding steroid dienone is 3. The predicted octanol–water partition coefficient (Wildman–Crippen LogP) is 4.71. The third-order valence-electron chi connectivity index (χ3n) is 4.25. The van der Waals surface area contributed by atoms with Crippen LogP contribution in [-0.2, 0) is 4.79 Å². The number of carbonyl (C=O) groups is 1. The second-order valence-corrected chi connectivity index (χ2v) is 5.97. The number of rotatable bonds is 7. The minimum atomic E-state index is -0.0469. The summed E-state index contributed by atoms with van der Waals surface area (Å²) in [6.45, 7) is 1.97. The van der Waals surface area contributed by atoms with Crippen molar-refractivity contribution in [3.05, 3.63) is 42.4 Å². The first-order valence-corrected chi connectivity index (χ1v) is 8.08. The highest BCUT2D eigenvalue weighted by atomic mass is 16.3. The lowest BCUT2D eigenvalue weighted by molar-refractivity contribution is -0.121. The van der Waals surface area contributed by atoms with Crippen molar-refractivity contribution in [1.82, 2.24) is 0 Å². The molecule has 1 atom stereocenters. The highest BCUT2D eigenvalue weighted by Crippen LogP contribution is 2.28. The Bertz CT molecular complexity index is 546. The molecule has 3 heteroatoms. The van der Waals surface area contributed by atoms with E-state index in [0.717, 1.165) is 17.9 Å². The molecule has 1 aromatic heterocycles. The van der Waals surface area contributed by atoms with Crippen molar-refractivity contribution in [3.63, 3.8) is 0 Å².